The number of pyridine rings is 1. The van der Waals surface area contributed by atoms with E-state index in [-0.39, 0.29) is 24.6 Å². The summed E-state index contributed by atoms with van der Waals surface area (Å²) in [5, 5.41) is -0.144. The van der Waals surface area contributed by atoms with Crippen LogP contribution in [0.15, 0.2) is 65.8 Å². The molecule has 0 fully saturated rings. The number of hydrogen-bond donors (Lipinski definition) is 0. The summed E-state index contributed by atoms with van der Waals surface area (Å²) in [5.74, 6) is 0.378. The van der Waals surface area contributed by atoms with E-state index in [4.69, 9.17) is 4.74 Å². The highest BCUT2D eigenvalue weighted by Gasteiger charge is 2.32. The van der Waals surface area contributed by atoms with Gasteiger partial charge in [-0.2, -0.15) is 8.42 Å². The molecule has 1 aromatic heterocycles. The van der Waals surface area contributed by atoms with Crippen molar-refractivity contribution in [2.24, 2.45) is 0 Å². The number of ether oxygens (including phenoxy) is 1. The Balaban J connectivity index is 1.75. The zero-order valence-electron chi connectivity index (χ0n) is 19.0. The van der Waals surface area contributed by atoms with E-state index in [1.807, 2.05) is 12.1 Å². The second kappa shape index (κ2) is 10.3. The van der Waals surface area contributed by atoms with Crippen LogP contribution in [-0.2, 0) is 29.5 Å². The molecule has 0 unspecified atom stereocenters. The molecule has 6 nitrogen and oxygen atoms in total. The maximum absolute atomic E-state index is 14.6. The molecule has 3 aromatic rings. The minimum Gasteiger partial charge on any atom is -0.487 e. The van der Waals surface area contributed by atoms with Crippen molar-refractivity contribution < 1.29 is 22.3 Å². The number of carbonyl (C=O) groups is 1. The molecule has 1 aliphatic rings. The molecule has 0 amide bonds. The fourth-order valence-electron chi connectivity index (χ4n) is 4.00. The monoisotopic (exact) mass is 482 g/mol. The number of rotatable bonds is 10. The van der Waals surface area contributed by atoms with Crippen molar-refractivity contribution in [1.82, 2.24) is 4.98 Å². The van der Waals surface area contributed by atoms with Crippen LogP contribution >= 0.6 is 0 Å². The van der Waals surface area contributed by atoms with Gasteiger partial charge in [0, 0.05) is 11.8 Å². The van der Waals surface area contributed by atoms with Gasteiger partial charge in [-0.3, -0.25) is 9.10 Å². The van der Waals surface area contributed by atoms with Gasteiger partial charge in [-0.15, -0.1) is 0 Å². The Hall–Kier alpha value is -3.26. The molecule has 0 aliphatic heterocycles. The lowest BCUT2D eigenvalue weighted by atomic mass is 10.1. The standard InChI is InChI=1S/C26H27FN2O4S/c1-2-23(27)16-29(34(31,32)26-8-3-4-13-28-26)24-14-21-6-5-7-22(21)15-25(24)33-18-20-11-9-19(17-30)10-12-20/h3-4,8-15,17,23H,2,5-7,16,18H2,1H3/t23-/m1/s1. The van der Waals surface area contributed by atoms with Crippen LogP contribution in [0.1, 0.15) is 46.8 Å². The first kappa shape index (κ1) is 23.9. The molecule has 0 N–H and O–H groups in total. The Labute approximate surface area is 199 Å². The van der Waals surface area contributed by atoms with Gasteiger partial charge in [-0.25, -0.2) is 9.37 Å². The predicted molar refractivity (Wildman–Crippen MR) is 129 cm³/mol. The molecule has 1 aliphatic carbocycles. The second-order valence-corrected chi connectivity index (χ2v) is 10.1. The number of aromatic nitrogens is 1. The van der Waals surface area contributed by atoms with Gasteiger partial charge in [-0.1, -0.05) is 37.3 Å². The number of aryl methyl sites for hydroxylation is 2. The quantitative estimate of drug-likeness (QED) is 0.384. The van der Waals surface area contributed by atoms with Crippen molar-refractivity contribution in [2.45, 2.75) is 50.4 Å². The molecule has 0 bridgehead atoms. The molecule has 0 spiro atoms. The van der Waals surface area contributed by atoms with E-state index in [2.05, 4.69) is 4.98 Å². The van der Waals surface area contributed by atoms with Gasteiger partial charge in [-0.05, 0) is 66.6 Å². The molecule has 178 valence electrons. The van der Waals surface area contributed by atoms with E-state index in [0.29, 0.717) is 17.0 Å². The van der Waals surface area contributed by atoms with Crippen molar-refractivity contribution in [2.75, 3.05) is 10.8 Å². The molecular formula is C26H27FN2O4S. The van der Waals surface area contributed by atoms with Gasteiger partial charge >= 0.3 is 0 Å². The highest BCUT2D eigenvalue weighted by molar-refractivity contribution is 7.92. The molecule has 2 aromatic carbocycles. The molecule has 8 heteroatoms. The van der Waals surface area contributed by atoms with Gasteiger partial charge < -0.3 is 4.74 Å². The maximum atomic E-state index is 14.6. The number of nitrogens with zero attached hydrogens (tertiary/aromatic N) is 2. The van der Waals surface area contributed by atoms with Crippen LogP contribution in [0.2, 0.25) is 0 Å². The molecule has 34 heavy (non-hydrogen) atoms. The zero-order chi connectivity index (χ0) is 24.1. The van der Waals surface area contributed by atoms with Gasteiger partial charge in [0.25, 0.3) is 10.0 Å². The summed E-state index contributed by atoms with van der Waals surface area (Å²) in [4.78, 5) is 14.9. The van der Waals surface area contributed by atoms with Crippen LogP contribution < -0.4 is 9.04 Å². The van der Waals surface area contributed by atoms with Gasteiger partial charge in [0.15, 0.2) is 5.03 Å². The molecule has 1 heterocycles. The number of fused-ring (bicyclic) bond motifs is 1. The third-order valence-electron chi connectivity index (χ3n) is 5.95. The summed E-state index contributed by atoms with van der Waals surface area (Å²) in [6, 6.07) is 15.3. The van der Waals surface area contributed by atoms with Crippen molar-refractivity contribution in [3.63, 3.8) is 0 Å². The van der Waals surface area contributed by atoms with Crippen molar-refractivity contribution >= 4 is 22.0 Å². The van der Waals surface area contributed by atoms with Crippen LogP contribution in [0.4, 0.5) is 10.1 Å². The minimum absolute atomic E-state index is 0.144. The predicted octanol–water partition coefficient (Wildman–Crippen LogP) is 4.91. The summed E-state index contributed by atoms with van der Waals surface area (Å²) in [7, 11) is -4.13. The summed E-state index contributed by atoms with van der Waals surface area (Å²) < 4.78 is 49.0. The lowest BCUT2D eigenvalue weighted by Crippen LogP contribution is -2.37. The Kier molecular flexibility index (Phi) is 7.26. The molecule has 0 saturated carbocycles. The highest BCUT2D eigenvalue weighted by atomic mass is 32.2. The summed E-state index contributed by atoms with van der Waals surface area (Å²) in [5.41, 5.74) is 3.85. The van der Waals surface area contributed by atoms with E-state index in [1.54, 1.807) is 43.3 Å². The number of hydrogen-bond acceptors (Lipinski definition) is 5. The van der Waals surface area contributed by atoms with E-state index in [0.717, 1.165) is 46.5 Å². The highest BCUT2D eigenvalue weighted by Crippen LogP contribution is 2.38. The maximum Gasteiger partial charge on any atom is 0.282 e. The van der Waals surface area contributed by atoms with E-state index < -0.39 is 16.2 Å². The first-order valence-electron chi connectivity index (χ1n) is 11.3. The first-order valence-corrected chi connectivity index (χ1v) is 12.8. The second-order valence-electron chi connectivity index (χ2n) is 8.30. The summed E-state index contributed by atoms with van der Waals surface area (Å²) in [6.07, 6.45) is 3.69. The van der Waals surface area contributed by atoms with Crippen LogP contribution in [0.3, 0.4) is 0 Å². The molecule has 0 saturated heterocycles. The van der Waals surface area contributed by atoms with Crippen molar-refractivity contribution in [3.05, 3.63) is 83.0 Å². The number of halogens is 1. The van der Waals surface area contributed by atoms with Gasteiger partial charge in [0.05, 0.1) is 12.2 Å². The van der Waals surface area contributed by atoms with Crippen LogP contribution in [-0.4, -0.2) is 32.4 Å². The van der Waals surface area contributed by atoms with Gasteiger partial charge in [0.2, 0.25) is 0 Å². The average molecular weight is 483 g/mol. The fraction of sp³-hybridized carbons (Fsp3) is 0.308. The van der Waals surface area contributed by atoms with Crippen LogP contribution in [0.5, 0.6) is 5.75 Å². The van der Waals surface area contributed by atoms with E-state index in [9.17, 15) is 17.6 Å². The number of carbonyl (C=O) groups excluding carboxylic acids is 1. The Morgan fingerprint density at radius 3 is 2.50 bits per heavy atom. The third kappa shape index (κ3) is 5.12. The Morgan fingerprint density at radius 1 is 1.12 bits per heavy atom. The van der Waals surface area contributed by atoms with E-state index >= 15 is 0 Å². The lowest BCUT2D eigenvalue weighted by Gasteiger charge is -2.28. The Morgan fingerprint density at radius 2 is 1.85 bits per heavy atom. The number of alkyl halides is 1. The normalized spacial score (nSPS) is 13.8. The number of benzene rings is 2. The fourth-order valence-corrected chi connectivity index (χ4v) is 5.43. The smallest absolute Gasteiger partial charge is 0.282 e. The number of aldehydes is 1. The van der Waals surface area contributed by atoms with Crippen LogP contribution in [0, 0.1) is 0 Å². The minimum atomic E-state index is -4.13. The zero-order valence-corrected chi connectivity index (χ0v) is 19.8. The van der Waals surface area contributed by atoms with Gasteiger partial charge in [0.1, 0.15) is 24.8 Å². The third-order valence-corrected chi connectivity index (χ3v) is 7.65. The van der Waals surface area contributed by atoms with Crippen LogP contribution in [0.25, 0.3) is 0 Å². The first-order chi connectivity index (χ1) is 16.4. The molecular weight excluding hydrogens is 455 g/mol. The molecule has 1 atom stereocenters. The lowest BCUT2D eigenvalue weighted by molar-refractivity contribution is 0.112. The molecule has 0 radical (unpaired) electrons. The summed E-state index contributed by atoms with van der Waals surface area (Å²) in [6.45, 7) is 1.52. The topological polar surface area (TPSA) is 76.6 Å². The Bertz CT molecular complexity index is 1250. The average Bonchev–Trinajstić information content (AvgIpc) is 3.33. The van der Waals surface area contributed by atoms with E-state index in [1.165, 1.54) is 12.3 Å². The summed E-state index contributed by atoms with van der Waals surface area (Å²) >= 11 is 0. The SMILES string of the molecule is CC[C@@H](F)CN(c1cc2c(cc1OCc1ccc(C=O)cc1)CCC2)S(=O)(=O)c1ccccn1. The van der Waals surface area contributed by atoms with Crippen molar-refractivity contribution in [1.29, 1.82) is 0 Å². The largest absolute Gasteiger partial charge is 0.487 e. The number of anilines is 1. The molecule has 4 rings (SSSR count). The number of sulfonamides is 1. The van der Waals surface area contributed by atoms with Crippen molar-refractivity contribution in [3.8, 4) is 5.75 Å².